The SMILES string of the molecule is C[C@@H](O)[C@H](NC(=O)N1CCN(c2ccc(-c3ccc(OCCN(C)C)cc3)cc2)CC1)C(=O)CO. The summed E-state index contributed by atoms with van der Waals surface area (Å²) < 4.78 is 5.76. The summed E-state index contributed by atoms with van der Waals surface area (Å²) >= 11 is 0. The van der Waals surface area contributed by atoms with Crippen LogP contribution in [0.2, 0.25) is 0 Å². The summed E-state index contributed by atoms with van der Waals surface area (Å²) in [4.78, 5) is 30.2. The number of rotatable bonds is 10. The van der Waals surface area contributed by atoms with E-state index in [1.165, 1.54) is 6.92 Å². The van der Waals surface area contributed by atoms with E-state index in [-0.39, 0.29) is 0 Å². The number of aliphatic hydroxyl groups is 2. The minimum Gasteiger partial charge on any atom is -0.492 e. The molecule has 0 aliphatic carbocycles. The van der Waals surface area contributed by atoms with Crippen molar-refractivity contribution < 1.29 is 24.5 Å². The Morgan fingerprint density at radius 3 is 2.09 bits per heavy atom. The average Bonchev–Trinajstić information content (AvgIpc) is 2.87. The minimum absolute atomic E-state index is 0.415. The van der Waals surface area contributed by atoms with Gasteiger partial charge in [0.15, 0.2) is 5.78 Å². The maximum absolute atomic E-state index is 12.5. The van der Waals surface area contributed by atoms with E-state index in [1.54, 1.807) is 4.90 Å². The largest absolute Gasteiger partial charge is 0.492 e. The van der Waals surface area contributed by atoms with Crippen LogP contribution in [-0.4, -0.2) is 104 Å². The number of amides is 2. The van der Waals surface area contributed by atoms with Gasteiger partial charge in [-0.05, 0) is 56.4 Å². The molecule has 2 aromatic rings. The fourth-order valence-corrected chi connectivity index (χ4v) is 3.91. The van der Waals surface area contributed by atoms with Crippen LogP contribution in [0.3, 0.4) is 0 Å². The number of benzene rings is 2. The van der Waals surface area contributed by atoms with E-state index < -0.39 is 30.6 Å². The molecule has 190 valence electrons. The number of hydrogen-bond donors (Lipinski definition) is 3. The number of Topliss-reactive ketones (excluding diaryl/α,β-unsaturated/α-hetero) is 1. The Kier molecular flexibility index (Phi) is 9.47. The standard InChI is InChI=1S/C26H36N4O5/c1-19(32)25(24(33)18-31)27-26(34)30-14-12-29(13-15-30)22-8-4-20(5-9-22)21-6-10-23(11-7-21)35-17-16-28(2)3/h4-11,19,25,31-32H,12-18H2,1-3H3,(H,27,34)/t19-,25+/m1/s1. The number of ketones is 1. The van der Waals surface area contributed by atoms with E-state index in [0.29, 0.717) is 32.8 Å². The summed E-state index contributed by atoms with van der Waals surface area (Å²) in [5.41, 5.74) is 3.31. The molecule has 1 heterocycles. The lowest BCUT2D eigenvalue weighted by atomic mass is 10.0. The van der Waals surface area contributed by atoms with Crippen molar-refractivity contribution in [2.75, 3.05) is 64.9 Å². The van der Waals surface area contributed by atoms with Gasteiger partial charge in [0.05, 0.1) is 6.10 Å². The zero-order valence-corrected chi connectivity index (χ0v) is 20.7. The smallest absolute Gasteiger partial charge is 0.318 e. The van der Waals surface area contributed by atoms with Gasteiger partial charge in [-0.15, -0.1) is 0 Å². The predicted molar refractivity (Wildman–Crippen MR) is 136 cm³/mol. The molecule has 9 heteroatoms. The van der Waals surface area contributed by atoms with Gasteiger partial charge >= 0.3 is 6.03 Å². The van der Waals surface area contributed by atoms with Gasteiger partial charge < -0.3 is 35.0 Å². The number of carbonyl (C=O) groups is 2. The molecular weight excluding hydrogens is 448 g/mol. The molecular formula is C26H36N4O5. The summed E-state index contributed by atoms with van der Waals surface area (Å²) in [6.45, 7) is 4.48. The molecule has 0 unspecified atom stereocenters. The molecule has 0 radical (unpaired) electrons. The molecule has 2 aromatic carbocycles. The monoisotopic (exact) mass is 484 g/mol. The first-order chi connectivity index (χ1) is 16.8. The molecule has 0 saturated carbocycles. The van der Waals surface area contributed by atoms with Gasteiger partial charge in [0.2, 0.25) is 0 Å². The highest BCUT2D eigenvalue weighted by Crippen LogP contribution is 2.26. The summed E-state index contributed by atoms with van der Waals surface area (Å²) in [6.07, 6.45) is -1.08. The van der Waals surface area contributed by atoms with Crippen molar-refractivity contribution in [2.45, 2.75) is 19.1 Å². The number of anilines is 1. The maximum Gasteiger partial charge on any atom is 0.318 e. The van der Waals surface area contributed by atoms with Crippen molar-refractivity contribution in [3.8, 4) is 16.9 Å². The normalized spacial score (nSPS) is 15.6. The Bertz CT molecular complexity index is 955. The number of urea groups is 1. The molecule has 3 rings (SSSR count). The molecule has 1 aliphatic heterocycles. The van der Waals surface area contributed by atoms with Crippen LogP contribution in [-0.2, 0) is 4.79 Å². The molecule has 0 spiro atoms. The van der Waals surface area contributed by atoms with Crippen molar-refractivity contribution >= 4 is 17.5 Å². The van der Waals surface area contributed by atoms with Crippen LogP contribution in [0.15, 0.2) is 48.5 Å². The molecule has 9 nitrogen and oxygen atoms in total. The number of nitrogens with one attached hydrogen (secondary N) is 1. The van der Waals surface area contributed by atoms with Crippen LogP contribution in [0.25, 0.3) is 11.1 Å². The Balaban J connectivity index is 1.52. The van der Waals surface area contributed by atoms with E-state index in [4.69, 9.17) is 9.84 Å². The summed E-state index contributed by atoms with van der Waals surface area (Å²) in [5, 5.41) is 21.3. The topological polar surface area (TPSA) is 106 Å². The van der Waals surface area contributed by atoms with Crippen LogP contribution in [0.5, 0.6) is 5.75 Å². The summed E-state index contributed by atoms with van der Waals surface area (Å²) in [6, 6.07) is 14.9. The third-order valence-electron chi connectivity index (χ3n) is 6.06. The fraction of sp³-hybridized carbons (Fsp3) is 0.462. The van der Waals surface area contributed by atoms with Crippen molar-refractivity contribution in [3.63, 3.8) is 0 Å². The fourth-order valence-electron chi connectivity index (χ4n) is 3.91. The zero-order valence-electron chi connectivity index (χ0n) is 20.7. The first-order valence-electron chi connectivity index (χ1n) is 11.9. The Morgan fingerprint density at radius 2 is 1.57 bits per heavy atom. The number of piperazine rings is 1. The third-order valence-corrected chi connectivity index (χ3v) is 6.06. The van der Waals surface area contributed by atoms with Gasteiger partial charge in [0.25, 0.3) is 0 Å². The number of carbonyl (C=O) groups excluding carboxylic acids is 2. The lowest BCUT2D eigenvalue weighted by molar-refractivity contribution is -0.125. The van der Waals surface area contributed by atoms with Gasteiger partial charge in [0, 0.05) is 38.4 Å². The Hall–Kier alpha value is -3.14. The van der Waals surface area contributed by atoms with Gasteiger partial charge in [-0.3, -0.25) is 4.79 Å². The number of aliphatic hydroxyl groups excluding tert-OH is 2. The molecule has 2 amide bonds. The van der Waals surface area contributed by atoms with Crippen LogP contribution < -0.4 is 15.0 Å². The highest BCUT2D eigenvalue weighted by Gasteiger charge is 2.28. The quantitative estimate of drug-likeness (QED) is 0.469. The van der Waals surface area contributed by atoms with Crippen LogP contribution in [0.1, 0.15) is 6.92 Å². The Morgan fingerprint density at radius 1 is 1.00 bits per heavy atom. The molecule has 0 bridgehead atoms. The van der Waals surface area contributed by atoms with Crippen molar-refractivity contribution in [1.29, 1.82) is 0 Å². The second-order valence-electron chi connectivity index (χ2n) is 8.99. The summed E-state index contributed by atoms with van der Waals surface area (Å²) in [7, 11) is 4.04. The lowest BCUT2D eigenvalue weighted by Gasteiger charge is -2.37. The summed E-state index contributed by atoms with van der Waals surface area (Å²) in [5.74, 6) is 0.244. The van der Waals surface area contributed by atoms with E-state index in [0.717, 1.165) is 29.1 Å². The number of hydrogen-bond acceptors (Lipinski definition) is 7. The van der Waals surface area contributed by atoms with Crippen LogP contribution in [0.4, 0.5) is 10.5 Å². The Labute approximate surface area is 206 Å². The van der Waals surface area contributed by atoms with E-state index in [1.807, 2.05) is 26.2 Å². The molecule has 1 aliphatic rings. The van der Waals surface area contributed by atoms with Crippen molar-refractivity contribution in [1.82, 2.24) is 15.1 Å². The first kappa shape index (κ1) is 26.5. The predicted octanol–water partition coefficient (Wildman–Crippen LogP) is 1.44. The maximum atomic E-state index is 12.5. The van der Waals surface area contributed by atoms with Crippen molar-refractivity contribution in [2.24, 2.45) is 0 Å². The second kappa shape index (κ2) is 12.5. The molecule has 1 fully saturated rings. The van der Waals surface area contributed by atoms with Gasteiger partial charge in [-0.25, -0.2) is 4.79 Å². The number of nitrogens with zero attached hydrogens (tertiary/aromatic N) is 3. The van der Waals surface area contributed by atoms with Gasteiger partial charge in [-0.1, -0.05) is 24.3 Å². The van der Waals surface area contributed by atoms with E-state index in [2.05, 4.69) is 51.5 Å². The van der Waals surface area contributed by atoms with Crippen molar-refractivity contribution in [3.05, 3.63) is 48.5 Å². The van der Waals surface area contributed by atoms with Crippen LogP contribution >= 0.6 is 0 Å². The highest BCUT2D eigenvalue weighted by atomic mass is 16.5. The second-order valence-corrected chi connectivity index (χ2v) is 8.99. The minimum atomic E-state index is -1.11. The molecule has 0 aromatic heterocycles. The molecule has 2 atom stereocenters. The molecule has 1 saturated heterocycles. The van der Waals surface area contributed by atoms with E-state index in [9.17, 15) is 14.7 Å². The zero-order chi connectivity index (χ0) is 25.4. The highest BCUT2D eigenvalue weighted by molar-refractivity contribution is 5.89. The number of likely N-dealkylation sites (N-methyl/N-ethyl adjacent to an activating group) is 1. The average molecular weight is 485 g/mol. The molecule has 3 N–H and O–H groups in total. The van der Waals surface area contributed by atoms with Gasteiger partial charge in [-0.2, -0.15) is 0 Å². The lowest BCUT2D eigenvalue weighted by Crippen LogP contribution is -2.57. The van der Waals surface area contributed by atoms with E-state index >= 15 is 0 Å². The van der Waals surface area contributed by atoms with Gasteiger partial charge in [0.1, 0.15) is 25.0 Å². The first-order valence-corrected chi connectivity index (χ1v) is 11.9. The third kappa shape index (κ3) is 7.42. The molecule has 35 heavy (non-hydrogen) atoms. The van der Waals surface area contributed by atoms with Crippen LogP contribution in [0, 0.1) is 0 Å². The number of ether oxygens (including phenoxy) is 1.